The van der Waals surface area contributed by atoms with Crippen LogP contribution in [-0.2, 0) is 21.4 Å². The molecule has 6 rings (SSSR count). The van der Waals surface area contributed by atoms with Gasteiger partial charge in [-0.25, -0.2) is 8.42 Å². The molecule has 3 aliphatic heterocycles. The third kappa shape index (κ3) is 5.90. The third-order valence-electron chi connectivity index (χ3n) is 8.63. The maximum atomic E-state index is 13.7. The summed E-state index contributed by atoms with van der Waals surface area (Å²) in [6.45, 7) is 4.21. The fourth-order valence-electron chi connectivity index (χ4n) is 6.48. The lowest BCUT2D eigenvalue weighted by Gasteiger charge is -2.35. The van der Waals surface area contributed by atoms with E-state index in [1.165, 1.54) is 24.8 Å². The number of nitrogens with zero attached hydrogens (tertiary/aromatic N) is 2. The lowest BCUT2D eigenvalue weighted by atomic mass is 9.97. The zero-order chi connectivity index (χ0) is 27.5. The van der Waals surface area contributed by atoms with E-state index < -0.39 is 10.0 Å². The summed E-state index contributed by atoms with van der Waals surface area (Å²) in [5, 5.41) is 5.11. The van der Waals surface area contributed by atoms with Crippen LogP contribution in [0.25, 0.3) is 10.8 Å². The van der Waals surface area contributed by atoms with Gasteiger partial charge in [0.05, 0.1) is 17.5 Å². The number of hydrogen-bond donors (Lipinski definition) is 1. The molecule has 0 aliphatic carbocycles. The van der Waals surface area contributed by atoms with Gasteiger partial charge in [0.15, 0.2) is 0 Å². The van der Waals surface area contributed by atoms with Crippen LogP contribution in [0, 0.1) is 0 Å². The van der Waals surface area contributed by atoms with Crippen molar-refractivity contribution in [3.8, 4) is 5.75 Å². The van der Waals surface area contributed by atoms with Crippen LogP contribution in [0.15, 0.2) is 65.6 Å². The van der Waals surface area contributed by atoms with E-state index in [1.54, 1.807) is 16.4 Å². The molecule has 2 fully saturated rings. The number of carbonyl (C=O) groups is 1. The first-order chi connectivity index (χ1) is 19.5. The molecule has 0 spiro atoms. The Bertz CT molecular complexity index is 1470. The molecule has 7 nitrogen and oxygen atoms in total. The normalized spacial score (nSPS) is 22.4. The van der Waals surface area contributed by atoms with E-state index in [2.05, 4.69) is 28.4 Å². The molecular weight excluding hydrogens is 522 g/mol. The minimum absolute atomic E-state index is 0.110. The van der Waals surface area contributed by atoms with E-state index >= 15 is 0 Å². The van der Waals surface area contributed by atoms with Crippen LogP contribution >= 0.6 is 0 Å². The highest BCUT2D eigenvalue weighted by atomic mass is 32.2. The lowest BCUT2D eigenvalue weighted by molar-refractivity contribution is -0.123. The summed E-state index contributed by atoms with van der Waals surface area (Å²) in [5.74, 6) is 0.741. The number of piperidine rings is 2. The summed E-state index contributed by atoms with van der Waals surface area (Å²) in [6.07, 6.45) is 7.11. The Morgan fingerprint density at radius 3 is 2.52 bits per heavy atom. The van der Waals surface area contributed by atoms with Crippen molar-refractivity contribution < 1.29 is 17.9 Å². The monoisotopic (exact) mass is 561 g/mol. The van der Waals surface area contributed by atoms with E-state index in [4.69, 9.17) is 4.74 Å². The molecule has 40 heavy (non-hydrogen) atoms. The first-order valence-electron chi connectivity index (χ1n) is 14.8. The number of amides is 1. The molecule has 8 heteroatoms. The Morgan fingerprint density at radius 1 is 0.875 bits per heavy atom. The van der Waals surface area contributed by atoms with Crippen LogP contribution in [0.3, 0.4) is 0 Å². The molecular formula is C32H39N3O4S. The Morgan fingerprint density at radius 2 is 1.68 bits per heavy atom. The highest BCUT2D eigenvalue weighted by Crippen LogP contribution is 2.34. The molecule has 2 saturated heterocycles. The zero-order valence-corrected chi connectivity index (χ0v) is 23.9. The van der Waals surface area contributed by atoms with Crippen molar-refractivity contribution in [3.05, 3.63) is 71.8 Å². The molecule has 0 radical (unpaired) electrons. The van der Waals surface area contributed by atoms with Gasteiger partial charge in [-0.15, -0.1) is 0 Å². The van der Waals surface area contributed by atoms with E-state index in [-0.39, 0.29) is 29.3 Å². The number of sulfonamides is 1. The summed E-state index contributed by atoms with van der Waals surface area (Å²) >= 11 is 0. The van der Waals surface area contributed by atoms with Gasteiger partial charge in [-0.2, -0.15) is 4.31 Å². The standard InChI is InChI=1S/C32H39N3O4S/c36-32(33-30-15-19-39-31-20-24(11-14-29(30)31)23-34-16-5-1-6-17-34)22-27-10-4-7-18-35(27)40(37,38)28-13-12-25-8-2-3-9-26(25)21-28/h2-3,8-9,11-14,20-21,27,30H,1,4-7,10,15-19,22-23H2,(H,33,36)/t27-,30?/m0/s1. The van der Waals surface area contributed by atoms with Gasteiger partial charge < -0.3 is 10.1 Å². The average molecular weight is 562 g/mol. The van der Waals surface area contributed by atoms with Crippen molar-refractivity contribution in [2.75, 3.05) is 26.2 Å². The number of likely N-dealkylation sites (tertiary alicyclic amines) is 1. The number of carbonyl (C=O) groups excluding carboxylic acids is 1. The van der Waals surface area contributed by atoms with Gasteiger partial charge in [0, 0.05) is 37.5 Å². The highest BCUT2D eigenvalue weighted by molar-refractivity contribution is 7.89. The molecule has 1 amide bonds. The van der Waals surface area contributed by atoms with E-state index in [0.717, 1.165) is 54.6 Å². The van der Waals surface area contributed by atoms with Gasteiger partial charge >= 0.3 is 0 Å². The number of hydrogen-bond acceptors (Lipinski definition) is 5. The molecule has 3 aromatic carbocycles. The molecule has 212 valence electrons. The summed E-state index contributed by atoms with van der Waals surface area (Å²) in [5.41, 5.74) is 2.25. The maximum absolute atomic E-state index is 13.7. The molecule has 0 bridgehead atoms. The second-order valence-electron chi connectivity index (χ2n) is 11.4. The quantitative estimate of drug-likeness (QED) is 0.418. The smallest absolute Gasteiger partial charge is 0.243 e. The van der Waals surface area contributed by atoms with E-state index in [9.17, 15) is 13.2 Å². The van der Waals surface area contributed by atoms with Gasteiger partial charge in [0.25, 0.3) is 0 Å². The average Bonchev–Trinajstić information content (AvgIpc) is 2.97. The molecule has 2 atom stereocenters. The largest absolute Gasteiger partial charge is 0.493 e. The zero-order valence-electron chi connectivity index (χ0n) is 23.1. The minimum Gasteiger partial charge on any atom is -0.493 e. The minimum atomic E-state index is -3.72. The summed E-state index contributed by atoms with van der Waals surface area (Å²) in [6, 6.07) is 18.9. The van der Waals surface area contributed by atoms with Crippen LogP contribution in [0.4, 0.5) is 0 Å². The second kappa shape index (κ2) is 11.9. The van der Waals surface area contributed by atoms with E-state index in [0.29, 0.717) is 26.0 Å². The second-order valence-corrected chi connectivity index (χ2v) is 13.3. The summed E-state index contributed by atoms with van der Waals surface area (Å²) in [7, 11) is -3.72. The van der Waals surface area contributed by atoms with Gasteiger partial charge in [0.2, 0.25) is 15.9 Å². The van der Waals surface area contributed by atoms with Crippen molar-refractivity contribution in [1.82, 2.24) is 14.5 Å². The van der Waals surface area contributed by atoms with Crippen LogP contribution in [0.5, 0.6) is 5.75 Å². The van der Waals surface area contributed by atoms with Gasteiger partial charge in [-0.3, -0.25) is 9.69 Å². The molecule has 0 saturated carbocycles. The molecule has 3 aliphatic rings. The Hall–Kier alpha value is -2.94. The predicted octanol–water partition coefficient (Wildman–Crippen LogP) is 5.40. The number of fused-ring (bicyclic) bond motifs is 2. The van der Waals surface area contributed by atoms with Gasteiger partial charge in [-0.05, 0) is 73.3 Å². The number of benzene rings is 3. The first kappa shape index (κ1) is 27.2. The van der Waals surface area contributed by atoms with Crippen LogP contribution in [0.2, 0.25) is 0 Å². The van der Waals surface area contributed by atoms with Crippen LogP contribution in [-0.4, -0.2) is 55.8 Å². The molecule has 1 unspecified atom stereocenters. The Balaban J connectivity index is 1.13. The van der Waals surface area contributed by atoms with Crippen molar-refractivity contribution in [2.45, 2.75) is 74.9 Å². The lowest BCUT2D eigenvalue weighted by Crippen LogP contribution is -2.46. The number of rotatable bonds is 7. The first-order valence-corrected chi connectivity index (χ1v) is 16.2. The van der Waals surface area contributed by atoms with Gasteiger partial charge in [0.1, 0.15) is 5.75 Å². The molecule has 0 aromatic heterocycles. The van der Waals surface area contributed by atoms with Crippen LogP contribution in [0.1, 0.15) is 68.5 Å². The van der Waals surface area contributed by atoms with Gasteiger partial charge in [-0.1, -0.05) is 55.3 Å². The van der Waals surface area contributed by atoms with Crippen molar-refractivity contribution in [3.63, 3.8) is 0 Å². The highest BCUT2D eigenvalue weighted by Gasteiger charge is 2.35. The number of nitrogens with one attached hydrogen (secondary N) is 1. The van der Waals surface area contributed by atoms with Crippen molar-refractivity contribution in [2.24, 2.45) is 0 Å². The fraction of sp³-hybridized carbons (Fsp3) is 0.469. The Kier molecular flexibility index (Phi) is 8.10. The fourth-order valence-corrected chi connectivity index (χ4v) is 8.21. The SMILES string of the molecule is O=C(C[C@@H]1CCCCN1S(=O)(=O)c1ccc2ccccc2c1)NC1CCOc2cc(CN3CCCCC3)ccc21. The van der Waals surface area contributed by atoms with Crippen molar-refractivity contribution >= 4 is 26.7 Å². The number of ether oxygens (including phenoxy) is 1. The van der Waals surface area contributed by atoms with E-state index in [1.807, 2.05) is 30.3 Å². The van der Waals surface area contributed by atoms with Crippen molar-refractivity contribution in [1.29, 1.82) is 0 Å². The predicted molar refractivity (Wildman–Crippen MR) is 157 cm³/mol. The summed E-state index contributed by atoms with van der Waals surface area (Å²) in [4.78, 5) is 16.1. The molecule has 3 aromatic rings. The van der Waals surface area contributed by atoms with Crippen LogP contribution < -0.4 is 10.1 Å². The maximum Gasteiger partial charge on any atom is 0.243 e. The Labute approximate surface area is 237 Å². The summed E-state index contributed by atoms with van der Waals surface area (Å²) < 4.78 is 35.0. The topological polar surface area (TPSA) is 79.0 Å². The molecule has 3 heterocycles. The molecule has 1 N–H and O–H groups in total. The third-order valence-corrected chi connectivity index (χ3v) is 10.6.